The summed E-state index contributed by atoms with van der Waals surface area (Å²) in [5.41, 5.74) is -0.763. The lowest BCUT2D eigenvalue weighted by Gasteiger charge is -2.55. The summed E-state index contributed by atoms with van der Waals surface area (Å²) >= 11 is 0. The molecule has 4 bridgehead atoms. The van der Waals surface area contributed by atoms with Crippen molar-refractivity contribution in [1.29, 1.82) is 0 Å². The maximum atomic E-state index is 12.9. The fraction of sp³-hybridized carbons (Fsp3) is 0.524. The van der Waals surface area contributed by atoms with Crippen molar-refractivity contribution < 1.29 is 29.4 Å². The van der Waals surface area contributed by atoms with Gasteiger partial charge in [0.25, 0.3) is 0 Å². The Morgan fingerprint density at radius 2 is 1.34 bits per heavy atom. The van der Waals surface area contributed by atoms with Gasteiger partial charge in [-0.15, -0.1) is 0 Å². The first-order chi connectivity index (χ1) is 13.7. The number of carboxylic acids is 2. The Labute approximate surface area is 167 Å². The molecule has 1 aromatic rings. The largest absolute Gasteiger partial charge is 0.478 e. The summed E-state index contributed by atoms with van der Waals surface area (Å²) in [4.78, 5) is 47.5. The number of hydrogen-bond donors (Lipinski definition) is 4. The molecule has 0 atom stereocenters. The van der Waals surface area contributed by atoms with Gasteiger partial charge in [0, 0.05) is 11.1 Å². The van der Waals surface area contributed by atoms with Crippen molar-refractivity contribution >= 4 is 29.4 Å². The number of carbonyl (C=O) groups excluding carboxylic acids is 2. The van der Waals surface area contributed by atoms with E-state index in [0.717, 1.165) is 25.3 Å². The van der Waals surface area contributed by atoms with Gasteiger partial charge in [-0.05, 0) is 74.5 Å². The minimum atomic E-state index is -1.29. The van der Waals surface area contributed by atoms with Crippen molar-refractivity contribution in [3.05, 3.63) is 29.3 Å². The Morgan fingerprint density at radius 3 is 1.79 bits per heavy atom. The van der Waals surface area contributed by atoms with Gasteiger partial charge in [0.1, 0.15) is 0 Å². The van der Waals surface area contributed by atoms with Crippen LogP contribution in [0.1, 0.15) is 59.2 Å². The van der Waals surface area contributed by atoms with E-state index in [-0.39, 0.29) is 34.7 Å². The normalized spacial score (nSPS) is 29.3. The second-order valence-corrected chi connectivity index (χ2v) is 8.84. The Kier molecular flexibility index (Phi) is 4.80. The number of carbonyl (C=O) groups is 4. The van der Waals surface area contributed by atoms with E-state index in [1.54, 1.807) is 0 Å². The van der Waals surface area contributed by atoms with Gasteiger partial charge in [-0.3, -0.25) is 9.59 Å². The molecule has 154 valence electrons. The first-order valence-electron chi connectivity index (χ1n) is 9.94. The highest BCUT2D eigenvalue weighted by Crippen LogP contribution is 2.60. The summed E-state index contributed by atoms with van der Waals surface area (Å²) in [6, 6.07) is 3.40. The molecule has 0 unspecified atom stereocenters. The zero-order valence-corrected chi connectivity index (χ0v) is 15.9. The fourth-order valence-corrected chi connectivity index (χ4v) is 5.89. The first-order valence-corrected chi connectivity index (χ1v) is 9.94. The average molecular weight is 400 g/mol. The van der Waals surface area contributed by atoms with Crippen LogP contribution >= 0.6 is 0 Å². The molecule has 1 aromatic carbocycles. The van der Waals surface area contributed by atoms with Crippen LogP contribution in [0.25, 0.3) is 0 Å². The standard InChI is InChI=1S/C21H24N2O6/c24-17(23-16-5-14(18(25)26)4-15(6-16)19(27)28)10-22-20(29)21-7-11-1-12(8-21)3-13(2-11)9-21/h4-6,11-13H,1-3,7-10H2,(H,22,29)(H,23,24)(H,25,26)(H,27,28). The minimum absolute atomic E-state index is 0.0661. The van der Waals surface area contributed by atoms with Crippen LogP contribution in [0.5, 0.6) is 0 Å². The molecule has 4 saturated carbocycles. The summed E-state index contributed by atoms with van der Waals surface area (Å²) in [5, 5.41) is 23.5. The second kappa shape index (κ2) is 7.17. The second-order valence-electron chi connectivity index (χ2n) is 8.84. The predicted molar refractivity (Wildman–Crippen MR) is 103 cm³/mol. The minimum Gasteiger partial charge on any atom is -0.478 e. The molecule has 0 aromatic heterocycles. The third kappa shape index (κ3) is 3.83. The molecule has 4 aliphatic rings. The lowest BCUT2D eigenvalue weighted by Crippen LogP contribution is -2.54. The summed E-state index contributed by atoms with van der Waals surface area (Å²) in [6.45, 7) is -0.236. The van der Waals surface area contributed by atoms with Gasteiger partial charge < -0.3 is 20.8 Å². The van der Waals surface area contributed by atoms with Crippen molar-refractivity contribution in [2.24, 2.45) is 23.2 Å². The highest BCUT2D eigenvalue weighted by atomic mass is 16.4. The highest BCUT2D eigenvalue weighted by Gasteiger charge is 2.54. The highest BCUT2D eigenvalue weighted by molar-refractivity contribution is 5.99. The SMILES string of the molecule is O=C(CNC(=O)C12CC3CC(CC(C3)C1)C2)Nc1cc(C(=O)O)cc(C(=O)O)c1. The van der Waals surface area contributed by atoms with Gasteiger partial charge >= 0.3 is 11.9 Å². The molecule has 4 fully saturated rings. The fourth-order valence-electron chi connectivity index (χ4n) is 5.89. The van der Waals surface area contributed by atoms with Crippen molar-refractivity contribution in [3.8, 4) is 0 Å². The van der Waals surface area contributed by atoms with E-state index in [0.29, 0.717) is 17.8 Å². The molecule has 0 spiro atoms. The third-order valence-corrected chi connectivity index (χ3v) is 6.64. The predicted octanol–water partition coefficient (Wildman–Crippen LogP) is 2.35. The van der Waals surface area contributed by atoms with E-state index in [2.05, 4.69) is 10.6 Å². The van der Waals surface area contributed by atoms with Crippen molar-refractivity contribution in [3.63, 3.8) is 0 Å². The maximum absolute atomic E-state index is 12.9. The molecule has 8 heteroatoms. The van der Waals surface area contributed by atoms with Gasteiger partial charge in [0.05, 0.1) is 17.7 Å². The van der Waals surface area contributed by atoms with Crippen LogP contribution in [0.4, 0.5) is 5.69 Å². The average Bonchev–Trinajstić information content (AvgIpc) is 2.64. The van der Waals surface area contributed by atoms with Gasteiger partial charge in [0.2, 0.25) is 11.8 Å². The molecule has 5 rings (SSSR count). The Hall–Kier alpha value is -2.90. The zero-order chi connectivity index (χ0) is 20.8. The van der Waals surface area contributed by atoms with Crippen LogP contribution < -0.4 is 10.6 Å². The van der Waals surface area contributed by atoms with Crippen LogP contribution in [0.15, 0.2) is 18.2 Å². The number of anilines is 1. The molecule has 0 saturated heterocycles. The van der Waals surface area contributed by atoms with Crippen LogP contribution in [-0.4, -0.2) is 40.5 Å². The van der Waals surface area contributed by atoms with E-state index in [4.69, 9.17) is 10.2 Å². The van der Waals surface area contributed by atoms with Crippen molar-refractivity contribution in [2.45, 2.75) is 38.5 Å². The Bertz CT molecular complexity index is 826. The van der Waals surface area contributed by atoms with E-state index in [9.17, 15) is 19.2 Å². The number of amides is 2. The molecule has 4 aliphatic carbocycles. The number of rotatable bonds is 6. The quantitative estimate of drug-likeness (QED) is 0.579. The maximum Gasteiger partial charge on any atom is 0.335 e. The zero-order valence-electron chi connectivity index (χ0n) is 15.9. The molecular weight excluding hydrogens is 376 g/mol. The number of aromatic carboxylic acids is 2. The van der Waals surface area contributed by atoms with Crippen LogP contribution in [0.3, 0.4) is 0 Å². The molecule has 8 nitrogen and oxygen atoms in total. The Morgan fingerprint density at radius 1 is 0.862 bits per heavy atom. The summed E-state index contributed by atoms with van der Waals surface area (Å²) in [7, 11) is 0. The number of benzene rings is 1. The lowest BCUT2D eigenvalue weighted by atomic mass is 9.49. The Balaban J connectivity index is 1.39. The molecule has 0 radical (unpaired) electrons. The smallest absolute Gasteiger partial charge is 0.335 e. The number of hydrogen-bond acceptors (Lipinski definition) is 4. The van der Waals surface area contributed by atoms with Gasteiger partial charge in [-0.2, -0.15) is 0 Å². The van der Waals surface area contributed by atoms with Crippen LogP contribution in [-0.2, 0) is 9.59 Å². The van der Waals surface area contributed by atoms with Gasteiger partial charge in [-0.1, -0.05) is 0 Å². The summed E-state index contributed by atoms with van der Waals surface area (Å²) in [6.07, 6.45) is 6.36. The third-order valence-electron chi connectivity index (χ3n) is 6.64. The first kappa shape index (κ1) is 19.4. The summed E-state index contributed by atoms with van der Waals surface area (Å²) < 4.78 is 0. The molecule has 2 amide bonds. The van der Waals surface area contributed by atoms with E-state index < -0.39 is 17.8 Å². The molecule has 0 aliphatic heterocycles. The van der Waals surface area contributed by atoms with Gasteiger partial charge in [-0.25, -0.2) is 9.59 Å². The lowest BCUT2D eigenvalue weighted by molar-refractivity contribution is -0.146. The molecule has 4 N–H and O–H groups in total. The van der Waals surface area contributed by atoms with Crippen LogP contribution in [0, 0.1) is 23.2 Å². The van der Waals surface area contributed by atoms with E-state index in [1.165, 1.54) is 31.4 Å². The molecule has 0 heterocycles. The van der Waals surface area contributed by atoms with Crippen molar-refractivity contribution in [1.82, 2.24) is 5.32 Å². The molecular formula is C21H24N2O6. The monoisotopic (exact) mass is 400 g/mol. The van der Waals surface area contributed by atoms with E-state index >= 15 is 0 Å². The topological polar surface area (TPSA) is 133 Å². The molecule has 29 heavy (non-hydrogen) atoms. The number of carboxylic acid groups (broad SMARTS) is 2. The van der Waals surface area contributed by atoms with E-state index in [1.807, 2.05) is 0 Å². The number of nitrogens with one attached hydrogen (secondary N) is 2. The van der Waals surface area contributed by atoms with Crippen molar-refractivity contribution in [2.75, 3.05) is 11.9 Å². The van der Waals surface area contributed by atoms with Crippen LogP contribution in [0.2, 0.25) is 0 Å². The summed E-state index contributed by atoms with van der Waals surface area (Å²) in [5.74, 6) is -1.33. The van der Waals surface area contributed by atoms with Gasteiger partial charge in [0.15, 0.2) is 0 Å².